The molecule has 0 N–H and O–H groups in total. The van der Waals surface area contributed by atoms with Crippen LogP contribution in [0, 0.1) is 3.57 Å². The molecule has 1 aliphatic rings. The predicted molar refractivity (Wildman–Crippen MR) is 77.7 cm³/mol. The maximum absolute atomic E-state index is 12.3. The van der Waals surface area contributed by atoms with Crippen molar-refractivity contribution in [3.63, 3.8) is 0 Å². The van der Waals surface area contributed by atoms with Gasteiger partial charge in [0.25, 0.3) is 5.91 Å². The molecule has 21 heavy (non-hydrogen) atoms. The number of hydrogen-bond acceptors (Lipinski definition) is 2. The number of amides is 2. The first kappa shape index (κ1) is 16.1. The second kappa shape index (κ2) is 6.20. The van der Waals surface area contributed by atoms with E-state index in [0.717, 1.165) is 8.47 Å². The molecule has 4 nitrogen and oxygen atoms in total. The van der Waals surface area contributed by atoms with Crippen LogP contribution in [0.3, 0.4) is 0 Å². The molecule has 0 bridgehead atoms. The zero-order valence-corrected chi connectivity index (χ0v) is 13.0. The van der Waals surface area contributed by atoms with Gasteiger partial charge in [-0.25, -0.2) is 0 Å². The number of carbonyl (C=O) groups is 2. The number of piperazine rings is 1. The molecule has 1 aliphatic heterocycles. The summed E-state index contributed by atoms with van der Waals surface area (Å²) in [6, 6.07) is 7.01. The van der Waals surface area contributed by atoms with E-state index < -0.39 is 12.1 Å². The van der Waals surface area contributed by atoms with Crippen LogP contribution in [-0.2, 0) is 4.79 Å². The van der Waals surface area contributed by atoms with Crippen LogP contribution in [0.2, 0.25) is 0 Å². The van der Waals surface area contributed by atoms with Gasteiger partial charge in [-0.1, -0.05) is 12.1 Å². The smallest absolute Gasteiger partial charge is 0.335 e. The SMILES string of the molecule is O=C(c1ccccc1I)N1CCN(C(=O)C(F)(F)F)CC1. The molecule has 0 radical (unpaired) electrons. The second-order valence-corrected chi connectivity index (χ2v) is 5.72. The fraction of sp³-hybridized carbons (Fsp3) is 0.385. The van der Waals surface area contributed by atoms with Gasteiger partial charge in [-0.3, -0.25) is 9.59 Å². The molecule has 0 unspecified atom stereocenters. The van der Waals surface area contributed by atoms with Gasteiger partial charge in [0.1, 0.15) is 0 Å². The summed E-state index contributed by atoms with van der Waals surface area (Å²) < 4.78 is 37.8. The summed E-state index contributed by atoms with van der Waals surface area (Å²) in [5, 5.41) is 0. The van der Waals surface area contributed by atoms with E-state index >= 15 is 0 Å². The number of halogens is 4. The summed E-state index contributed by atoms with van der Waals surface area (Å²) in [7, 11) is 0. The molecule has 2 rings (SSSR count). The lowest BCUT2D eigenvalue weighted by atomic mass is 10.2. The molecule has 0 aliphatic carbocycles. The molecule has 1 heterocycles. The number of carbonyl (C=O) groups excluding carboxylic acids is 2. The number of alkyl halides is 3. The molecule has 1 aromatic carbocycles. The van der Waals surface area contributed by atoms with Crippen molar-refractivity contribution in [1.29, 1.82) is 0 Å². The Labute approximate surface area is 133 Å². The Morgan fingerprint density at radius 2 is 1.52 bits per heavy atom. The normalized spacial score (nSPS) is 16.0. The Bertz CT molecular complexity index is 555. The van der Waals surface area contributed by atoms with Crippen molar-refractivity contribution in [2.45, 2.75) is 6.18 Å². The maximum atomic E-state index is 12.3. The van der Waals surface area contributed by atoms with Crippen LogP contribution < -0.4 is 0 Å². The zero-order chi connectivity index (χ0) is 15.6. The predicted octanol–water partition coefficient (Wildman–Crippen LogP) is 2.14. The maximum Gasteiger partial charge on any atom is 0.471 e. The molecule has 1 saturated heterocycles. The van der Waals surface area contributed by atoms with E-state index in [1.165, 1.54) is 4.90 Å². The molecule has 1 aromatic rings. The summed E-state index contributed by atoms with van der Waals surface area (Å²) >= 11 is 2.04. The van der Waals surface area contributed by atoms with Gasteiger partial charge in [-0.2, -0.15) is 13.2 Å². The Morgan fingerprint density at radius 3 is 2.05 bits per heavy atom. The molecule has 2 amide bonds. The average molecular weight is 412 g/mol. The fourth-order valence-corrected chi connectivity index (χ4v) is 2.72. The molecule has 0 aromatic heterocycles. The summed E-state index contributed by atoms with van der Waals surface area (Å²) in [4.78, 5) is 25.6. The topological polar surface area (TPSA) is 40.6 Å². The van der Waals surface area contributed by atoms with Crippen molar-refractivity contribution in [2.75, 3.05) is 26.2 Å². The summed E-state index contributed by atoms with van der Waals surface area (Å²) in [6.07, 6.45) is -4.86. The van der Waals surface area contributed by atoms with Crippen LogP contribution in [0.25, 0.3) is 0 Å². The van der Waals surface area contributed by atoms with Gasteiger partial charge >= 0.3 is 12.1 Å². The fourth-order valence-electron chi connectivity index (χ4n) is 2.10. The molecular formula is C13H12F3IN2O2. The van der Waals surface area contributed by atoms with Crippen LogP contribution in [0.4, 0.5) is 13.2 Å². The lowest BCUT2D eigenvalue weighted by Gasteiger charge is -2.35. The van der Waals surface area contributed by atoms with Crippen molar-refractivity contribution >= 4 is 34.4 Å². The van der Waals surface area contributed by atoms with E-state index in [2.05, 4.69) is 0 Å². The Hall–Kier alpha value is -1.32. The van der Waals surface area contributed by atoms with Gasteiger partial charge in [-0.15, -0.1) is 0 Å². The Kier molecular flexibility index (Phi) is 4.74. The summed E-state index contributed by atoms with van der Waals surface area (Å²) in [5.41, 5.74) is 0.522. The van der Waals surface area contributed by atoms with E-state index in [9.17, 15) is 22.8 Å². The minimum atomic E-state index is -4.86. The van der Waals surface area contributed by atoms with Crippen molar-refractivity contribution in [1.82, 2.24) is 9.80 Å². The Balaban J connectivity index is 2.00. The molecule has 0 atom stereocenters. The number of benzene rings is 1. The van der Waals surface area contributed by atoms with Crippen molar-refractivity contribution in [3.05, 3.63) is 33.4 Å². The van der Waals surface area contributed by atoms with Gasteiger partial charge < -0.3 is 9.80 Å². The van der Waals surface area contributed by atoms with Crippen molar-refractivity contribution in [3.8, 4) is 0 Å². The summed E-state index contributed by atoms with van der Waals surface area (Å²) in [5.74, 6) is -2.07. The Morgan fingerprint density at radius 1 is 1.00 bits per heavy atom. The first-order chi connectivity index (χ1) is 9.80. The molecule has 114 valence electrons. The first-order valence-corrected chi connectivity index (χ1v) is 7.28. The molecule has 1 fully saturated rings. The minimum Gasteiger partial charge on any atom is -0.335 e. The van der Waals surface area contributed by atoms with E-state index in [1.807, 2.05) is 22.6 Å². The van der Waals surface area contributed by atoms with Crippen LogP contribution in [0.15, 0.2) is 24.3 Å². The monoisotopic (exact) mass is 412 g/mol. The van der Waals surface area contributed by atoms with E-state index in [0.29, 0.717) is 5.56 Å². The van der Waals surface area contributed by atoms with Crippen LogP contribution in [0.1, 0.15) is 10.4 Å². The standard InChI is InChI=1S/C13H12F3IN2O2/c14-13(15,16)12(21)19-7-5-18(6-8-19)11(20)9-3-1-2-4-10(9)17/h1-4H,5-8H2. The van der Waals surface area contributed by atoms with E-state index in [1.54, 1.807) is 24.3 Å². The molecule has 8 heteroatoms. The third-order valence-corrected chi connectivity index (χ3v) is 4.14. The third-order valence-electron chi connectivity index (χ3n) is 3.20. The summed E-state index contributed by atoms with van der Waals surface area (Å²) in [6.45, 7) is -0.00174. The molecular weight excluding hydrogens is 400 g/mol. The second-order valence-electron chi connectivity index (χ2n) is 4.56. The van der Waals surface area contributed by atoms with Gasteiger partial charge in [0.15, 0.2) is 0 Å². The highest BCUT2D eigenvalue weighted by Gasteiger charge is 2.43. The quantitative estimate of drug-likeness (QED) is 0.664. The lowest BCUT2D eigenvalue weighted by molar-refractivity contribution is -0.186. The van der Waals surface area contributed by atoms with Gasteiger partial charge in [0.05, 0.1) is 5.56 Å². The van der Waals surface area contributed by atoms with Gasteiger partial charge in [-0.05, 0) is 34.7 Å². The largest absolute Gasteiger partial charge is 0.471 e. The van der Waals surface area contributed by atoms with Crippen LogP contribution in [0.5, 0.6) is 0 Å². The number of rotatable bonds is 1. The first-order valence-electron chi connectivity index (χ1n) is 6.20. The van der Waals surface area contributed by atoms with Crippen LogP contribution in [-0.4, -0.2) is 54.0 Å². The minimum absolute atomic E-state index is 0.103. The highest BCUT2D eigenvalue weighted by atomic mass is 127. The van der Waals surface area contributed by atoms with Crippen LogP contribution >= 0.6 is 22.6 Å². The van der Waals surface area contributed by atoms with Gasteiger partial charge in [0.2, 0.25) is 0 Å². The molecule has 0 spiro atoms. The number of nitrogens with zero attached hydrogens (tertiary/aromatic N) is 2. The third kappa shape index (κ3) is 3.66. The van der Waals surface area contributed by atoms with Gasteiger partial charge in [0, 0.05) is 29.7 Å². The van der Waals surface area contributed by atoms with E-state index in [4.69, 9.17) is 0 Å². The highest BCUT2D eigenvalue weighted by Crippen LogP contribution is 2.20. The zero-order valence-electron chi connectivity index (χ0n) is 10.9. The lowest BCUT2D eigenvalue weighted by Crippen LogP contribution is -2.53. The number of hydrogen-bond donors (Lipinski definition) is 0. The average Bonchev–Trinajstić information content (AvgIpc) is 2.45. The van der Waals surface area contributed by atoms with Crippen molar-refractivity contribution in [2.24, 2.45) is 0 Å². The molecule has 0 saturated carbocycles. The van der Waals surface area contributed by atoms with E-state index in [-0.39, 0.29) is 32.1 Å². The highest BCUT2D eigenvalue weighted by molar-refractivity contribution is 14.1. The van der Waals surface area contributed by atoms with Crippen molar-refractivity contribution < 1.29 is 22.8 Å².